The van der Waals surface area contributed by atoms with Gasteiger partial charge >= 0.3 is 6.43 Å². The maximum absolute atomic E-state index is 15.2. The zero-order valence-corrected chi connectivity index (χ0v) is 22.5. The number of carbonyl (C=O) groups is 1. The van der Waals surface area contributed by atoms with Crippen LogP contribution in [0.4, 0.5) is 24.5 Å². The van der Waals surface area contributed by atoms with Crippen molar-refractivity contribution in [1.82, 2.24) is 15.1 Å². The molecule has 0 saturated carbocycles. The van der Waals surface area contributed by atoms with Crippen molar-refractivity contribution in [2.75, 3.05) is 37.0 Å². The summed E-state index contributed by atoms with van der Waals surface area (Å²) in [4.78, 5) is 18.4. The van der Waals surface area contributed by atoms with Gasteiger partial charge in [-0.2, -0.15) is 8.78 Å². The molecule has 11 heteroatoms. The summed E-state index contributed by atoms with van der Waals surface area (Å²) in [5.41, 5.74) is 2.64. The minimum absolute atomic E-state index is 0.0589. The SMILES string of the molecule is Cc1ccc(-c2ccc(N(C)C3CCN(C)CC3)c(N(C=O)Cc3ccc(-c4nnc(C(F)F)o4)cc3F)c2)o1. The van der Waals surface area contributed by atoms with Crippen LogP contribution >= 0.6 is 0 Å². The molecule has 2 aromatic carbocycles. The summed E-state index contributed by atoms with van der Waals surface area (Å²) in [7, 11) is 4.12. The molecule has 0 N–H and O–H groups in total. The highest BCUT2D eigenvalue weighted by Crippen LogP contribution is 2.37. The second-order valence-corrected chi connectivity index (χ2v) is 10.0. The molecule has 8 nitrogen and oxygen atoms in total. The van der Waals surface area contributed by atoms with Gasteiger partial charge in [0.15, 0.2) is 0 Å². The van der Waals surface area contributed by atoms with Crippen LogP contribution in [0.25, 0.3) is 22.8 Å². The van der Waals surface area contributed by atoms with Gasteiger partial charge < -0.3 is 23.5 Å². The van der Waals surface area contributed by atoms with E-state index in [4.69, 9.17) is 8.83 Å². The van der Waals surface area contributed by atoms with Crippen molar-refractivity contribution in [3.63, 3.8) is 0 Å². The van der Waals surface area contributed by atoms with Gasteiger partial charge in [0.1, 0.15) is 17.3 Å². The lowest BCUT2D eigenvalue weighted by atomic mass is 10.0. The first kappa shape index (κ1) is 27.4. The third kappa shape index (κ3) is 5.74. The summed E-state index contributed by atoms with van der Waals surface area (Å²) in [5, 5.41) is 6.87. The van der Waals surface area contributed by atoms with Gasteiger partial charge in [-0.3, -0.25) is 4.79 Å². The number of rotatable bonds is 9. The van der Waals surface area contributed by atoms with Gasteiger partial charge in [-0.25, -0.2) is 4.39 Å². The molecule has 0 spiro atoms. The predicted molar refractivity (Wildman–Crippen MR) is 145 cm³/mol. The van der Waals surface area contributed by atoms with Crippen molar-refractivity contribution < 1.29 is 26.8 Å². The first-order valence-electron chi connectivity index (χ1n) is 13.0. The molecule has 1 aliphatic heterocycles. The first-order chi connectivity index (χ1) is 19.2. The standard InChI is InChI=1S/C29H30F3N5O3/c1-18-4-9-26(39-18)19-7-8-24(36(3)22-10-12-35(2)13-11-22)25(15-19)37(17-38)16-21-6-5-20(14-23(21)30)28-33-34-29(40-28)27(31)32/h4-9,14-15,17,22,27H,10-13,16H2,1-3H3. The van der Waals surface area contributed by atoms with E-state index in [9.17, 15) is 13.6 Å². The molecular formula is C29H30F3N5O3. The number of amides is 1. The molecule has 40 heavy (non-hydrogen) atoms. The molecule has 5 rings (SSSR count). The lowest BCUT2D eigenvalue weighted by Gasteiger charge is -2.38. The van der Waals surface area contributed by atoms with E-state index < -0.39 is 18.1 Å². The van der Waals surface area contributed by atoms with Crippen molar-refractivity contribution in [2.24, 2.45) is 0 Å². The van der Waals surface area contributed by atoms with Crippen molar-refractivity contribution >= 4 is 17.8 Å². The lowest BCUT2D eigenvalue weighted by molar-refractivity contribution is -0.107. The number of halogens is 3. The van der Waals surface area contributed by atoms with Crippen LogP contribution in [0.1, 0.15) is 36.5 Å². The van der Waals surface area contributed by atoms with E-state index in [0.717, 1.165) is 49.0 Å². The maximum atomic E-state index is 15.2. The van der Waals surface area contributed by atoms with Crippen LogP contribution in [-0.4, -0.2) is 54.7 Å². The van der Waals surface area contributed by atoms with Crippen LogP contribution < -0.4 is 9.80 Å². The van der Waals surface area contributed by atoms with Crippen LogP contribution in [0, 0.1) is 12.7 Å². The molecule has 4 aromatic rings. The topological polar surface area (TPSA) is 78.9 Å². The molecule has 0 radical (unpaired) electrons. The highest BCUT2D eigenvalue weighted by Gasteiger charge is 2.25. The van der Waals surface area contributed by atoms with Gasteiger partial charge in [0, 0.05) is 29.8 Å². The van der Waals surface area contributed by atoms with Crippen molar-refractivity contribution in [2.45, 2.75) is 38.8 Å². The first-order valence-corrected chi connectivity index (χ1v) is 13.0. The number of hydrogen-bond donors (Lipinski definition) is 0. The third-order valence-electron chi connectivity index (χ3n) is 7.32. The lowest BCUT2D eigenvalue weighted by Crippen LogP contribution is -2.42. The van der Waals surface area contributed by atoms with Crippen molar-refractivity contribution in [3.8, 4) is 22.8 Å². The zero-order valence-electron chi connectivity index (χ0n) is 22.5. The van der Waals surface area contributed by atoms with Gasteiger partial charge in [0.25, 0.3) is 5.89 Å². The molecule has 0 atom stereocenters. The number of aryl methyl sites for hydroxylation is 1. The van der Waals surface area contributed by atoms with Gasteiger partial charge in [0.05, 0.1) is 17.9 Å². The fourth-order valence-corrected chi connectivity index (χ4v) is 4.98. The fraction of sp³-hybridized carbons (Fsp3) is 0.345. The van der Waals surface area contributed by atoms with E-state index in [1.165, 1.54) is 17.0 Å². The Morgan fingerprint density at radius 1 is 1.02 bits per heavy atom. The number of hydrogen-bond acceptors (Lipinski definition) is 7. The zero-order chi connectivity index (χ0) is 28.4. The Morgan fingerprint density at radius 3 is 2.40 bits per heavy atom. The number of benzene rings is 2. The van der Waals surface area contributed by atoms with E-state index in [-0.39, 0.29) is 29.6 Å². The summed E-state index contributed by atoms with van der Waals surface area (Å²) in [5.74, 6) is -0.253. The van der Waals surface area contributed by atoms with E-state index in [1.54, 1.807) is 0 Å². The Kier molecular flexibility index (Phi) is 7.92. The van der Waals surface area contributed by atoms with Crippen molar-refractivity contribution in [1.29, 1.82) is 0 Å². The number of piperidine rings is 1. The molecule has 0 unspecified atom stereocenters. The van der Waals surface area contributed by atoms with E-state index in [0.29, 0.717) is 17.9 Å². The number of aromatic nitrogens is 2. The number of carbonyl (C=O) groups excluding carboxylic acids is 1. The Hall–Kier alpha value is -4.12. The average molecular weight is 554 g/mol. The third-order valence-corrected chi connectivity index (χ3v) is 7.32. The second kappa shape index (κ2) is 11.5. The monoisotopic (exact) mass is 553 g/mol. The Bertz CT molecular complexity index is 1480. The smallest absolute Gasteiger partial charge is 0.314 e. The molecule has 3 heterocycles. The normalized spacial score (nSPS) is 14.6. The van der Waals surface area contributed by atoms with Crippen LogP contribution in [0.2, 0.25) is 0 Å². The van der Waals surface area contributed by atoms with E-state index >= 15 is 4.39 Å². The van der Waals surface area contributed by atoms with Crippen LogP contribution in [-0.2, 0) is 11.3 Å². The van der Waals surface area contributed by atoms with E-state index in [2.05, 4.69) is 27.0 Å². The number of nitrogens with zero attached hydrogens (tertiary/aromatic N) is 5. The number of furan rings is 1. The molecule has 2 aromatic heterocycles. The van der Waals surface area contributed by atoms with Gasteiger partial charge in [-0.05, 0) is 82.4 Å². The summed E-state index contributed by atoms with van der Waals surface area (Å²) in [6.07, 6.45) is -0.287. The predicted octanol–water partition coefficient (Wildman–Crippen LogP) is 6.08. The minimum atomic E-state index is -2.92. The fourth-order valence-electron chi connectivity index (χ4n) is 4.98. The van der Waals surface area contributed by atoms with Gasteiger partial charge in [-0.15, -0.1) is 10.2 Å². The van der Waals surface area contributed by atoms with Crippen LogP contribution in [0.15, 0.2) is 57.4 Å². The number of anilines is 2. The Morgan fingerprint density at radius 2 is 1.77 bits per heavy atom. The van der Waals surface area contributed by atoms with E-state index in [1.807, 2.05) is 44.3 Å². The molecule has 1 aliphatic rings. The van der Waals surface area contributed by atoms with Crippen LogP contribution in [0.3, 0.4) is 0 Å². The largest absolute Gasteiger partial charge is 0.461 e. The second-order valence-electron chi connectivity index (χ2n) is 10.0. The average Bonchev–Trinajstić information content (AvgIpc) is 3.62. The summed E-state index contributed by atoms with van der Waals surface area (Å²) in [6.45, 7) is 3.75. The number of alkyl halides is 2. The van der Waals surface area contributed by atoms with Gasteiger partial charge in [0.2, 0.25) is 12.3 Å². The molecule has 1 saturated heterocycles. The number of likely N-dealkylation sites (tertiary alicyclic amines) is 1. The molecule has 210 valence electrons. The summed E-state index contributed by atoms with van der Waals surface area (Å²) >= 11 is 0. The molecule has 0 aliphatic carbocycles. The molecule has 0 bridgehead atoms. The maximum Gasteiger partial charge on any atom is 0.314 e. The highest BCUT2D eigenvalue weighted by molar-refractivity contribution is 5.87. The Balaban J connectivity index is 1.47. The summed E-state index contributed by atoms with van der Waals surface area (Å²) < 4.78 is 51.6. The van der Waals surface area contributed by atoms with Gasteiger partial charge in [-0.1, -0.05) is 6.07 Å². The minimum Gasteiger partial charge on any atom is -0.461 e. The summed E-state index contributed by atoms with van der Waals surface area (Å²) in [6, 6.07) is 13.9. The molecular weight excluding hydrogens is 523 g/mol. The highest BCUT2D eigenvalue weighted by atomic mass is 19.3. The van der Waals surface area contributed by atoms with Crippen LogP contribution in [0.5, 0.6) is 0 Å². The molecule has 1 amide bonds. The quantitative estimate of drug-likeness (QED) is 0.233. The Labute approximate surface area is 230 Å². The van der Waals surface area contributed by atoms with Crippen molar-refractivity contribution in [3.05, 3.63) is 71.6 Å². The molecule has 1 fully saturated rings.